The average molecular weight is 402 g/mol. The number of hydrogen-bond acceptors (Lipinski definition) is 6. The Morgan fingerprint density at radius 1 is 1.07 bits per heavy atom. The molecule has 0 bridgehead atoms. The van der Waals surface area contributed by atoms with Crippen molar-refractivity contribution in [2.45, 2.75) is 44.4 Å². The van der Waals surface area contributed by atoms with Gasteiger partial charge >= 0.3 is 5.97 Å². The first-order valence-electron chi connectivity index (χ1n) is 9.47. The van der Waals surface area contributed by atoms with Gasteiger partial charge in [-0.2, -0.15) is 0 Å². The summed E-state index contributed by atoms with van der Waals surface area (Å²) in [6.07, 6.45) is -3.55. The Bertz CT molecular complexity index is 834. The van der Waals surface area contributed by atoms with Gasteiger partial charge in [-0.1, -0.05) is 42.5 Å². The van der Waals surface area contributed by atoms with Gasteiger partial charge in [0.1, 0.15) is 31.0 Å². The molecule has 0 radical (unpaired) electrons. The molecule has 2 aromatic carbocycles. The maximum Gasteiger partial charge on any atom is 0.329 e. The summed E-state index contributed by atoms with van der Waals surface area (Å²) in [4.78, 5) is 10.5. The zero-order valence-electron chi connectivity index (χ0n) is 16.2. The number of carboxylic acids is 1. The normalized spacial score (nSPS) is 24.4. The van der Waals surface area contributed by atoms with E-state index in [1.54, 1.807) is 0 Å². The summed E-state index contributed by atoms with van der Waals surface area (Å²) in [7, 11) is 0. The van der Waals surface area contributed by atoms with Gasteiger partial charge < -0.3 is 29.9 Å². The summed E-state index contributed by atoms with van der Waals surface area (Å²) < 4.78 is 10.7. The zero-order valence-corrected chi connectivity index (χ0v) is 16.2. The highest BCUT2D eigenvalue weighted by molar-refractivity contribution is 5.68. The van der Waals surface area contributed by atoms with Crippen molar-refractivity contribution in [2.24, 2.45) is 0 Å². The first-order valence-corrected chi connectivity index (χ1v) is 9.47. The molecular formula is C22H26O7. The van der Waals surface area contributed by atoms with Crippen LogP contribution in [0, 0.1) is 6.92 Å². The van der Waals surface area contributed by atoms with Crippen LogP contribution in [0.5, 0.6) is 0 Å². The number of rotatable bonds is 7. The zero-order chi connectivity index (χ0) is 21.0. The Hall–Kier alpha value is -2.29. The van der Waals surface area contributed by atoms with E-state index in [2.05, 4.69) is 0 Å². The predicted molar refractivity (Wildman–Crippen MR) is 104 cm³/mol. The van der Waals surface area contributed by atoms with E-state index in [-0.39, 0.29) is 19.8 Å². The standard InChI is InChI=1S/C22H26O7/c1-13-2-7-16(22-21(27)20(26)18(23)11-29-22)9-17(13)8-14-3-5-15(6-4-14)10-28-12-19(24)25/h2-7,9,18,20-23,26-27H,8,10-12H2,1H3,(H,24,25)/t18-,20+,21-,22+/m1/s1. The first kappa shape index (κ1) is 21.4. The van der Waals surface area contributed by atoms with Gasteiger partial charge in [0.25, 0.3) is 0 Å². The van der Waals surface area contributed by atoms with Crippen molar-refractivity contribution in [1.29, 1.82) is 0 Å². The Kier molecular flexibility index (Phi) is 7.00. The quantitative estimate of drug-likeness (QED) is 0.552. The van der Waals surface area contributed by atoms with Gasteiger partial charge in [0.2, 0.25) is 0 Å². The second-order valence-corrected chi connectivity index (χ2v) is 7.37. The molecule has 1 aliphatic rings. The van der Waals surface area contributed by atoms with Gasteiger partial charge in [-0.25, -0.2) is 4.79 Å². The van der Waals surface area contributed by atoms with Crippen LogP contribution in [0.1, 0.15) is 33.9 Å². The predicted octanol–water partition coefficient (Wildman–Crippen LogP) is 1.34. The lowest BCUT2D eigenvalue weighted by Gasteiger charge is -2.35. The fourth-order valence-corrected chi connectivity index (χ4v) is 3.39. The molecule has 1 aliphatic heterocycles. The smallest absolute Gasteiger partial charge is 0.329 e. The van der Waals surface area contributed by atoms with Crippen LogP contribution in [0.3, 0.4) is 0 Å². The van der Waals surface area contributed by atoms with E-state index >= 15 is 0 Å². The highest BCUT2D eigenvalue weighted by atomic mass is 16.5. The van der Waals surface area contributed by atoms with E-state index in [0.717, 1.165) is 27.8 Å². The highest BCUT2D eigenvalue weighted by Crippen LogP contribution is 2.30. The fraction of sp³-hybridized carbons (Fsp3) is 0.409. The minimum Gasteiger partial charge on any atom is -0.480 e. The summed E-state index contributed by atoms with van der Waals surface area (Å²) in [6, 6.07) is 13.5. The Labute approximate surface area is 169 Å². The monoisotopic (exact) mass is 402 g/mol. The van der Waals surface area contributed by atoms with E-state index in [4.69, 9.17) is 14.6 Å². The van der Waals surface area contributed by atoms with Gasteiger partial charge in [-0.15, -0.1) is 0 Å². The third-order valence-electron chi connectivity index (χ3n) is 5.11. The molecule has 4 atom stereocenters. The maximum atomic E-state index is 10.5. The van der Waals surface area contributed by atoms with Crippen molar-refractivity contribution in [3.8, 4) is 0 Å². The Morgan fingerprint density at radius 3 is 2.45 bits per heavy atom. The summed E-state index contributed by atoms with van der Waals surface area (Å²) in [6.45, 7) is 1.89. The second-order valence-electron chi connectivity index (χ2n) is 7.37. The number of aliphatic hydroxyl groups excluding tert-OH is 3. The molecule has 0 unspecified atom stereocenters. The van der Waals surface area contributed by atoms with Crippen LogP contribution < -0.4 is 0 Å². The third-order valence-corrected chi connectivity index (χ3v) is 5.11. The second kappa shape index (κ2) is 9.47. The lowest BCUT2D eigenvalue weighted by molar-refractivity contribution is -0.189. The molecule has 3 rings (SSSR count). The lowest BCUT2D eigenvalue weighted by Crippen LogP contribution is -2.49. The molecule has 0 aliphatic carbocycles. The molecule has 0 spiro atoms. The molecule has 1 saturated heterocycles. The van der Waals surface area contributed by atoms with Gasteiger partial charge in [0.05, 0.1) is 13.2 Å². The van der Waals surface area contributed by atoms with E-state index in [0.29, 0.717) is 6.42 Å². The number of aryl methyl sites for hydroxylation is 1. The van der Waals surface area contributed by atoms with Crippen molar-refractivity contribution in [2.75, 3.05) is 13.2 Å². The molecule has 0 saturated carbocycles. The highest BCUT2D eigenvalue weighted by Gasteiger charge is 2.38. The topological polar surface area (TPSA) is 116 Å². The van der Waals surface area contributed by atoms with Gasteiger partial charge in [0.15, 0.2) is 0 Å². The number of carboxylic acid groups (broad SMARTS) is 1. The summed E-state index contributed by atoms with van der Waals surface area (Å²) in [5.74, 6) is -0.994. The van der Waals surface area contributed by atoms with Crippen LogP contribution in [0.2, 0.25) is 0 Å². The van der Waals surface area contributed by atoms with E-state index in [1.807, 2.05) is 49.4 Å². The van der Waals surface area contributed by atoms with Gasteiger partial charge in [-0.3, -0.25) is 0 Å². The molecule has 1 heterocycles. The van der Waals surface area contributed by atoms with Crippen LogP contribution >= 0.6 is 0 Å². The van der Waals surface area contributed by atoms with Crippen molar-refractivity contribution in [3.63, 3.8) is 0 Å². The number of benzene rings is 2. The van der Waals surface area contributed by atoms with Crippen molar-refractivity contribution in [1.82, 2.24) is 0 Å². The molecule has 29 heavy (non-hydrogen) atoms. The fourth-order valence-electron chi connectivity index (χ4n) is 3.39. The van der Waals surface area contributed by atoms with Crippen LogP contribution in [0.15, 0.2) is 42.5 Å². The van der Waals surface area contributed by atoms with Crippen molar-refractivity contribution >= 4 is 5.97 Å². The van der Waals surface area contributed by atoms with Crippen LogP contribution in [0.25, 0.3) is 0 Å². The minimum absolute atomic E-state index is 0.0302. The molecule has 4 N–H and O–H groups in total. The molecule has 1 fully saturated rings. The summed E-state index contributed by atoms with van der Waals surface area (Å²) >= 11 is 0. The molecule has 0 amide bonds. The van der Waals surface area contributed by atoms with Crippen molar-refractivity contribution < 1.29 is 34.7 Å². The minimum atomic E-state index is -1.24. The van der Waals surface area contributed by atoms with Gasteiger partial charge in [0, 0.05) is 0 Å². The molecule has 0 aromatic heterocycles. The largest absolute Gasteiger partial charge is 0.480 e. The number of carbonyl (C=O) groups is 1. The van der Waals surface area contributed by atoms with E-state index in [9.17, 15) is 20.1 Å². The number of ether oxygens (including phenoxy) is 2. The number of aliphatic carboxylic acids is 1. The van der Waals surface area contributed by atoms with E-state index in [1.165, 1.54) is 0 Å². The average Bonchev–Trinajstić information content (AvgIpc) is 2.69. The third kappa shape index (κ3) is 5.41. The van der Waals surface area contributed by atoms with Gasteiger partial charge in [-0.05, 0) is 41.2 Å². The lowest BCUT2D eigenvalue weighted by atomic mass is 9.91. The Balaban J connectivity index is 1.69. The molecule has 7 heteroatoms. The first-order chi connectivity index (χ1) is 13.8. The van der Waals surface area contributed by atoms with Crippen LogP contribution in [0.4, 0.5) is 0 Å². The van der Waals surface area contributed by atoms with Crippen LogP contribution in [-0.4, -0.2) is 57.9 Å². The number of hydrogen-bond donors (Lipinski definition) is 4. The number of aliphatic hydroxyl groups is 3. The molecule has 156 valence electrons. The van der Waals surface area contributed by atoms with Crippen LogP contribution in [-0.2, 0) is 27.3 Å². The van der Waals surface area contributed by atoms with Crippen molar-refractivity contribution in [3.05, 3.63) is 70.3 Å². The SMILES string of the molecule is Cc1ccc([C@@H]2OC[C@@H](O)[C@H](O)[C@H]2O)cc1Cc1ccc(COCC(=O)O)cc1. The summed E-state index contributed by atoms with van der Waals surface area (Å²) in [5, 5.41) is 38.4. The molecule has 7 nitrogen and oxygen atoms in total. The summed E-state index contributed by atoms with van der Waals surface area (Å²) in [5.41, 5.74) is 4.88. The molecule has 2 aromatic rings. The maximum absolute atomic E-state index is 10.5. The Morgan fingerprint density at radius 2 is 1.76 bits per heavy atom. The molecular weight excluding hydrogens is 376 g/mol. The van der Waals surface area contributed by atoms with E-state index < -0.39 is 30.4 Å².